The van der Waals surface area contributed by atoms with Crippen molar-refractivity contribution in [1.29, 1.82) is 5.26 Å². The summed E-state index contributed by atoms with van der Waals surface area (Å²) in [7, 11) is -8.53. The normalized spacial score (nSPS) is 30.6. The Balaban J connectivity index is 1.41. The largest absolute Gasteiger partial charge is 0.501 e. The molecule has 218 valence electrons. The number of aliphatic imine (C=N–C) groups is 1. The summed E-state index contributed by atoms with van der Waals surface area (Å²) in [5.74, 6) is -1.17. The van der Waals surface area contributed by atoms with Gasteiger partial charge < -0.3 is 22.1 Å². The number of halogens is 3. The molecular weight excluding hydrogens is 573 g/mol. The number of amidine groups is 1. The number of carbonyl (C=O) groups excluding carboxylic acids is 1. The van der Waals surface area contributed by atoms with Crippen molar-refractivity contribution in [2.24, 2.45) is 27.8 Å². The zero-order chi connectivity index (χ0) is 29.5. The number of hydrogen-bond donors (Lipinski definition) is 4. The molecule has 11 nitrogen and oxygen atoms in total. The minimum atomic E-state index is -5.52. The summed E-state index contributed by atoms with van der Waals surface area (Å²) >= 11 is 0. The van der Waals surface area contributed by atoms with E-state index in [0.717, 1.165) is 43.5 Å². The van der Waals surface area contributed by atoms with Crippen molar-refractivity contribution in [3.05, 3.63) is 36.0 Å². The van der Waals surface area contributed by atoms with E-state index in [9.17, 15) is 40.1 Å². The van der Waals surface area contributed by atoms with E-state index in [0.29, 0.717) is 12.8 Å². The number of amides is 1. The fourth-order valence-corrected chi connectivity index (χ4v) is 8.13. The lowest BCUT2D eigenvalue weighted by atomic mass is 9.74. The molecule has 1 saturated heterocycles. The fraction of sp³-hybridized carbons (Fsp3) is 0.542. The summed E-state index contributed by atoms with van der Waals surface area (Å²) in [6, 6.07) is 5.85. The molecule has 1 aromatic rings. The Labute approximate surface area is 229 Å². The summed E-state index contributed by atoms with van der Waals surface area (Å²) in [6.07, 6.45) is 4.84. The van der Waals surface area contributed by atoms with Gasteiger partial charge in [0.2, 0.25) is 0 Å². The highest BCUT2D eigenvalue weighted by Crippen LogP contribution is 2.57. The van der Waals surface area contributed by atoms with Crippen molar-refractivity contribution in [1.82, 2.24) is 5.32 Å². The number of rotatable bonds is 8. The van der Waals surface area contributed by atoms with Gasteiger partial charge in [0.1, 0.15) is 17.6 Å². The monoisotopic (exact) mass is 603 g/mol. The van der Waals surface area contributed by atoms with E-state index in [4.69, 9.17) is 11.5 Å². The first-order valence-corrected chi connectivity index (χ1v) is 15.9. The predicted molar refractivity (Wildman–Crippen MR) is 138 cm³/mol. The van der Waals surface area contributed by atoms with Crippen molar-refractivity contribution in [2.45, 2.75) is 60.6 Å². The average molecular weight is 604 g/mol. The maximum Gasteiger partial charge on any atom is 0.501 e. The van der Waals surface area contributed by atoms with Gasteiger partial charge in [0, 0.05) is 23.9 Å². The number of nitrogens with one attached hydrogen (secondary N) is 1. The molecule has 1 aromatic carbocycles. The molecule has 2 aliphatic carbocycles. The zero-order valence-electron chi connectivity index (χ0n) is 21.3. The molecule has 2 saturated carbocycles. The molecule has 16 heteroatoms. The van der Waals surface area contributed by atoms with Gasteiger partial charge >= 0.3 is 5.51 Å². The summed E-state index contributed by atoms with van der Waals surface area (Å²) in [5.41, 5.74) is 5.58. The molecule has 0 bridgehead atoms. The topological polar surface area (TPSA) is 202 Å². The molecule has 7 N–H and O–H groups in total. The maximum absolute atomic E-state index is 12.7. The van der Waals surface area contributed by atoms with Crippen molar-refractivity contribution in [3.8, 4) is 6.07 Å². The number of sulfone groups is 2. The van der Waals surface area contributed by atoms with Crippen LogP contribution in [0.4, 0.5) is 18.9 Å². The van der Waals surface area contributed by atoms with Gasteiger partial charge in [-0.2, -0.15) is 18.4 Å². The van der Waals surface area contributed by atoms with Crippen LogP contribution >= 0.6 is 0 Å². The molecule has 0 radical (unpaired) electrons. The second-order valence-corrected chi connectivity index (χ2v) is 14.7. The minimum Gasteiger partial charge on any atom is -0.383 e. The third-order valence-electron chi connectivity index (χ3n) is 7.95. The number of nitrogens with two attached hydrogens (primary N) is 3. The van der Waals surface area contributed by atoms with E-state index in [1.807, 2.05) is 0 Å². The molecule has 3 fully saturated rings. The molecule has 1 spiro atoms. The van der Waals surface area contributed by atoms with E-state index in [-0.39, 0.29) is 58.1 Å². The second kappa shape index (κ2) is 10.8. The SMILES string of the molecule is N#CC1CC(NC2CCS(=O)(=O)C2)CCC12CC2[NH2+]C=C(C(N)=O)C(N)=Nc1ccc(S(=O)(=O)C(F)(F)F)cc1. The van der Waals surface area contributed by atoms with Gasteiger partial charge in [0.15, 0.2) is 9.84 Å². The lowest BCUT2D eigenvalue weighted by molar-refractivity contribution is -0.610. The van der Waals surface area contributed by atoms with Crippen LogP contribution in [0.15, 0.2) is 45.9 Å². The van der Waals surface area contributed by atoms with Gasteiger partial charge in [-0.1, -0.05) is 0 Å². The van der Waals surface area contributed by atoms with E-state index in [1.54, 1.807) is 5.32 Å². The first-order valence-electron chi connectivity index (χ1n) is 12.5. The molecule has 1 aliphatic heterocycles. The summed E-state index contributed by atoms with van der Waals surface area (Å²) in [6.45, 7) is 0. The molecule has 0 aromatic heterocycles. The summed E-state index contributed by atoms with van der Waals surface area (Å²) in [5, 5.41) is 15.0. The quantitative estimate of drug-likeness (QED) is 0.182. The molecule has 4 rings (SSSR count). The fourth-order valence-electron chi connectivity index (χ4n) is 5.68. The highest BCUT2D eigenvalue weighted by atomic mass is 32.2. The molecule has 1 amide bonds. The Morgan fingerprint density at radius 2 is 1.88 bits per heavy atom. The lowest BCUT2D eigenvalue weighted by Gasteiger charge is -2.34. The van der Waals surface area contributed by atoms with Crippen molar-refractivity contribution in [2.75, 3.05) is 11.5 Å². The van der Waals surface area contributed by atoms with Crippen LogP contribution in [0.25, 0.3) is 0 Å². The van der Waals surface area contributed by atoms with Crippen LogP contribution in [0.1, 0.15) is 32.1 Å². The van der Waals surface area contributed by atoms with Gasteiger partial charge in [-0.05, 0) is 49.9 Å². The number of quaternary nitrogens is 1. The minimum absolute atomic E-state index is 0.0131. The van der Waals surface area contributed by atoms with Gasteiger partial charge in [0.05, 0.1) is 40.1 Å². The Kier molecular flexibility index (Phi) is 8.07. The molecule has 5 unspecified atom stereocenters. The molecule has 3 aliphatic rings. The number of benzene rings is 1. The first-order chi connectivity index (χ1) is 18.6. The van der Waals surface area contributed by atoms with E-state index >= 15 is 0 Å². The highest BCUT2D eigenvalue weighted by Gasteiger charge is 2.64. The Hall–Kier alpha value is -3.00. The third kappa shape index (κ3) is 6.17. The van der Waals surface area contributed by atoms with Crippen LogP contribution in [0, 0.1) is 22.7 Å². The van der Waals surface area contributed by atoms with E-state index in [1.165, 1.54) is 6.20 Å². The standard InChI is InChI=1S/C24H29F3N6O5S2/c25-24(26,27)40(37,38)18-3-1-15(2-4-18)33-21(29)19(22(30)34)12-31-20-10-23(20)7-5-16(9-14(23)11-28)32-17-6-8-39(35,36)13-17/h1-4,12,14,16-17,20,31-32H,5-10,13H2,(H2,29,33)(H2,30,34)/p+1. The van der Waals surface area contributed by atoms with Crippen molar-refractivity contribution in [3.63, 3.8) is 0 Å². The number of alkyl halides is 3. The maximum atomic E-state index is 12.7. The Bertz CT molecular complexity index is 1490. The lowest BCUT2D eigenvalue weighted by Crippen LogP contribution is -2.82. The number of hydrogen-bond acceptors (Lipinski definition) is 8. The predicted octanol–water partition coefficient (Wildman–Crippen LogP) is 0.129. The summed E-state index contributed by atoms with van der Waals surface area (Å²) < 4.78 is 84.8. The first kappa shape index (κ1) is 30.0. The van der Waals surface area contributed by atoms with Crippen LogP contribution < -0.4 is 22.1 Å². The van der Waals surface area contributed by atoms with Gasteiger partial charge in [-0.25, -0.2) is 21.8 Å². The van der Waals surface area contributed by atoms with Crippen LogP contribution in [0.3, 0.4) is 0 Å². The van der Waals surface area contributed by atoms with Crippen LogP contribution in [0.5, 0.6) is 0 Å². The van der Waals surface area contributed by atoms with Crippen LogP contribution in [0.2, 0.25) is 0 Å². The third-order valence-corrected chi connectivity index (χ3v) is 11.2. The number of carbonyl (C=O) groups is 1. The smallest absolute Gasteiger partial charge is 0.383 e. The van der Waals surface area contributed by atoms with Crippen LogP contribution in [-0.2, 0) is 24.5 Å². The number of nitriles is 1. The van der Waals surface area contributed by atoms with Gasteiger partial charge in [-0.15, -0.1) is 0 Å². The van der Waals surface area contributed by atoms with Crippen molar-refractivity contribution < 1.29 is 40.1 Å². The Morgan fingerprint density at radius 3 is 2.42 bits per heavy atom. The van der Waals surface area contributed by atoms with Gasteiger partial charge in [0.25, 0.3) is 15.7 Å². The molecule has 40 heavy (non-hydrogen) atoms. The summed E-state index contributed by atoms with van der Waals surface area (Å²) in [4.78, 5) is 15.1. The van der Waals surface area contributed by atoms with Crippen LogP contribution in [-0.4, -0.2) is 63.7 Å². The average Bonchev–Trinajstić information content (AvgIpc) is 3.44. The zero-order valence-corrected chi connectivity index (χ0v) is 22.9. The number of nitrogens with zero attached hydrogens (tertiary/aromatic N) is 2. The number of primary amides is 1. The second-order valence-electron chi connectivity index (χ2n) is 10.5. The Morgan fingerprint density at radius 1 is 1.20 bits per heavy atom. The van der Waals surface area contributed by atoms with E-state index < -0.39 is 36.0 Å². The van der Waals surface area contributed by atoms with Crippen molar-refractivity contribution >= 4 is 37.1 Å². The molecule has 5 atom stereocenters. The molecular formula is C24H30F3N6O5S2+. The molecule has 1 heterocycles. The highest BCUT2D eigenvalue weighted by molar-refractivity contribution is 7.92. The van der Waals surface area contributed by atoms with Gasteiger partial charge in [-0.3, -0.25) is 4.79 Å². The van der Waals surface area contributed by atoms with E-state index in [2.05, 4.69) is 16.4 Å².